The third kappa shape index (κ3) is 5.01. The smallest absolute Gasteiger partial charge is 0.248 e. The summed E-state index contributed by atoms with van der Waals surface area (Å²) in [4.78, 5) is 13.5. The zero-order valence-electron chi connectivity index (χ0n) is 16.1. The van der Waals surface area contributed by atoms with Crippen molar-refractivity contribution < 1.29 is 9.53 Å². The molecule has 4 aromatic rings. The van der Waals surface area contributed by atoms with Gasteiger partial charge in [0.1, 0.15) is 18.0 Å². The number of tetrazole rings is 1. The molecule has 0 atom stereocenters. The van der Waals surface area contributed by atoms with Gasteiger partial charge in [0, 0.05) is 16.3 Å². The Bertz CT molecular complexity index is 1160. The summed E-state index contributed by atoms with van der Waals surface area (Å²) in [6.45, 7) is 1.96. The van der Waals surface area contributed by atoms with Crippen molar-refractivity contribution >= 4 is 23.2 Å². The van der Waals surface area contributed by atoms with Crippen LogP contribution >= 0.6 is 11.6 Å². The molecule has 0 radical (unpaired) electrons. The van der Waals surface area contributed by atoms with Crippen LogP contribution in [0, 0.1) is 6.92 Å². The number of nitrogens with zero attached hydrogens (tertiary/aromatic N) is 4. The summed E-state index contributed by atoms with van der Waals surface area (Å²) in [5.41, 5.74) is 2.55. The highest BCUT2D eigenvalue weighted by Gasteiger charge is 2.10. The van der Waals surface area contributed by atoms with Crippen LogP contribution in [0.15, 0.2) is 72.8 Å². The highest BCUT2D eigenvalue weighted by Crippen LogP contribution is 2.23. The van der Waals surface area contributed by atoms with Crippen LogP contribution in [0.1, 0.15) is 5.56 Å². The van der Waals surface area contributed by atoms with Crippen molar-refractivity contribution in [1.29, 1.82) is 0 Å². The van der Waals surface area contributed by atoms with Gasteiger partial charge in [-0.15, -0.1) is 10.2 Å². The Morgan fingerprint density at radius 1 is 1.03 bits per heavy atom. The fraction of sp³-hybridized carbons (Fsp3) is 0.0909. The average Bonchev–Trinajstić information content (AvgIpc) is 3.19. The Labute approximate surface area is 178 Å². The Morgan fingerprint density at radius 3 is 2.43 bits per heavy atom. The maximum atomic E-state index is 12.3. The fourth-order valence-corrected chi connectivity index (χ4v) is 2.92. The minimum absolute atomic E-state index is 0.0603. The lowest BCUT2D eigenvalue weighted by molar-refractivity contribution is -0.117. The number of rotatable bonds is 6. The van der Waals surface area contributed by atoms with E-state index in [0.29, 0.717) is 22.3 Å². The number of nitrogens with one attached hydrogen (secondary N) is 1. The van der Waals surface area contributed by atoms with Crippen molar-refractivity contribution in [3.8, 4) is 22.9 Å². The Balaban J connectivity index is 1.34. The number of hydrogen-bond acceptors (Lipinski definition) is 5. The molecular formula is C22H18ClN5O2. The van der Waals surface area contributed by atoms with Gasteiger partial charge in [-0.3, -0.25) is 4.79 Å². The first-order chi connectivity index (χ1) is 14.5. The Morgan fingerprint density at radius 2 is 1.73 bits per heavy atom. The highest BCUT2D eigenvalue weighted by molar-refractivity contribution is 6.30. The van der Waals surface area contributed by atoms with Gasteiger partial charge < -0.3 is 10.1 Å². The number of aryl methyl sites for hydroxylation is 1. The van der Waals surface area contributed by atoms with E-state index < -0.39 is 0 Å². The molecule has 0 saturated carbocycles. The van der Waals surface area contributed by atoms with Crippen LogP contribution in [-0.2, 0) is 11.3 Å². The Hall–Kier alpha value is -3.71. The summed E-state index contributed by atoms with van der Waals surface area (Å²) < 4.78 is 5.79. The summed E-state index contributed by atoms with van der Waals surface area (Å²) in [6, 6.07) is 22.1. The lowest BCUT2D eigenvalue weighted by atomic mass is 10.2. The quantitative estimate of drug-likeness (QED) is 0.488. The number of anilines is 1. The van der Waals surface area contributed by atoms with Gasteiger partial charge in [0.05, 0.1) is 0 Å². The molecule has 4 rings (SSSR count). The Kier molecular flexibility index (Phi) is 5.72. The third-order valence-electron chi connectivity index (χ3n) is 4.22. The van der Waals surface area contributed by atoms with E-state index in [2.05, 4.69) is 20.7 Å². The average molecular weight is 420 g/mol. The van der Waals surface area contributed by atoms with Gasteiger partial charge in [-0.1, -0.05) is 41.4 Å². The molecule has 8 heteroatoms. The van der Waals surface area contributed by atoms with Crippen molar-refractivity contribution in [3.63, 3.8) is 0 Å². The van der Waals surface area contributed by atoms with Crippen molar-refractivity contribution in [2.75, 3.05) is 5.32 Å². The molecule has 0 fully saturated rings. The van der Waals surface area contributed by atoms with Gasteiger partial charge in [-0.2, -0.15) is 4.80 Å². The van der Waals surface area contributed by atoms with E-state index in [-0.39, 0.29) is 12.5 Å². The molecule has 1 amide bonds. The zero-order chi connectivity index (χ0) is 20.9. The largest absolute Gasteiger partial charge is 0.457 e. The predicted octanol–water partition coefficient (Wildman–Crippen LogP) is 4.73. The fourth-order valence-electron chi connectivity index (χ4n) is 2.73. The van der Waals surface area contributed by atoms with Crippen LogP contribution in [0.2, 0.25) is 5.02 Å². The lowest BCUT2D eigenvalue weighted by Gasteiger charge is -2.08. The molecule has 0 aliphatic carbocycles. The molecule has 0 spiro atoms. The van der Waals surface area contributed by atoms with Crippen molar-refractivity contribution in [3.05, 3.63) is 83.4 Å². The minimum atomic E-state index is -0.266. The summed E-state index contributed by atoms with van der Waals surface area (Å²) in [6.07, 6.45) is 0. The van der Waals surface area contributed by atoms with Gasteiger partial charge in [0.15, 0.2) is 0 Å². The van der Waals surface area contributed by atoms with Crippen LogP contribution in [0.4, 0.5) is 5.69 Å². The molecule has 7 nitrogen and oxygen atoms in total. The maximum absolute atomic E-state index is 12.3. The van der Waals surface area contributed by atoms with Crippen LogP contribution in [0.5, 0.6) is 11.5 Å². The maximum Gasteiger partial charge on any atom is 0.248 e. The van der Waals surface area contributed by atoms with Gasteiger partial charge in [0.2, 0.25) is 11.7 Å². The van der Waals surface area contributed by atoms with E-state index in [1.54, 1.807) is 42.5 Å². The molecule has 0 bridgehead atoms. The molecule has 1 aromatic heterocycles. The molecule has 0 saturated heterocycles. The molecule has 150 valence electrons. The molecule has 1 N–H and O–H groups in total. The van der Waals surface area contributed by atoms with E-state index in [1.165, 1.54) is 10.4 Å². The molecule has 0 unspecified atom stereocenters. The minimum Gasteiger partial charge on any atom is -0.457 e. The molecule has 0 aliphatic heterocycles. The first-order valence-electron chi connectivity index (χ1n) is 9.23. The van der Waals surface area contributed by atoms with E-state index in [4.69, 9.17) is 16.3 Å². The molecular weight excluding hydrogens is 402 g/mol. The second-order valence-electron chi connectivity index (χ2n) is 6.64. The number of amides is 1. The van der Waals surface area contributed by atoms with Gasteiger partial charge >= 0.3 is 0 Å². The number of halogens is 1. The zero-order valence-corrected chi connectivity index (χ0v) is 16.9. The molecule has 0 aliphatic rings. The first kappa shape index (κ1) is 19.6. The number of aromatic nitrogens is 4. The van der Waals surface area contributed by atoms with Crippen molar-refractivity contribution in [1.82, 2.24) is 20.2 Å². The summed E-state index contributed by atoms with van der Waals surface area (Å²) >= 11 is 5.98. The number of carbonyl (C=O) groups excluding carboxylic acids is 1. The number of ether oxygens (including phenoxy) is 1. The van der Waals surface area contributed by atoms with E-state index >= 15 is 0 Å². The summed E-state index contributed by atoms with van der Waals surface area (Å²) in [5, 5.41) is 15.5. The van der Waals surface area contributed by atoms with Gasteiger partial charge in [0.25, 0.3) is 0 Å². The SMILES string of the molecule is Cc1ccc(Oc2ccc(NC(=O)Cn3nnc(-c4cccc(Cl)c4)n3)cc2)cc1. The standard InChI is InChI=1S/C22H18ClN5O2/c1-15-5-9-19(10-6-15)30-20-11-7-18(8-12-20)24-21(29)14-28-26-22(25-27-28)16-3-2-4-17(23)13-16/h2-13H,14H2,1H3,(H,24,29). The normalized spacial score (nSPS) is 10.6. The van der Waals surface area contributed by atoms with Crippen molar-refractivity contribution in [2.24, 2.45) is 0 Å². The number of benzene rings is 3. The van der Waals surface area contributed by atoms with E-state index in [0.717, 1.165) is 11.3 Å². The second kappa shape index (κ2) is 8.75. The van der Waals surface area contributed by atoms with Crippen molar-refractivity contribution in [2.45, 2.75) is 13.5 Å². The van der Waals surface area contributed by atoms with E-state index in [1.807, 2.05) is 37.3 Å². The monoisotopic (exact) mass is 419 g/mol. The summed E-state index contributed by atoms with van der Waals surface area (Å²) in [5.74, 6) is 1.58. The second-order valence-corrected chi connectivity index (χ2v) is 7.08. The first-order valence-corrected chi connectivity index (χ1v) is 9.61. The third-order valence-corrected chi connectivity index (χ3v) is 4.45. The van der Waals surface area contributed by atoms with Crippen LogP contribution in [-0.4, -0.2) is 26.1 Å². The van der Waals surface area contributed by atoms with E-state index in [9.17, 15) is 4.79 Å². The van der Waals surface area contributed by atoms with Crippen LogP contribution in [0.25, 0.3) is 11.4 Å². The van der Waals surface area contributed by atoms with Gasteiger partial charge in [-0.25, -0.2) is 0 Å². The lowest BCUT2D eigenvalue weighted by Crippen LogP contribution is -2.20. The topological polar surface area (TPSA) is 81.9 Å². The highest BCUT2D eigenvalue weighted by atomic mass is 35.5. The summed E-state index contributed by atoms with van der Waals surface area (Å²) in [7, 11) is 0. The number of carbonyl (C=O) groups is 1. The molecule has 3 aromatic carbocycles. The number of hydrogen-bond donors (Lipinski definition) is 1. The predicted molar refractivity (Wildman–Crippen MR) is 115 cm³/mol. The molecule has 1 heterocycles. The molecule has 30 heavy (non-hydrogen) atoms. The van der Waals surface area contributed by atoms with Gasteiger partial charge in [-0.05, 0) is 60.7 Å². The van der Waals surface area contributed by atoms with Crippen LogP contribution in [0.3, 0.4) is 0 Å². The van der Waals surface area contributed by atoms with Crippen LogP contribution < -0.4 is 10.1 Å².